The molecule has 0 fully saturated rings. The Kier molecular flexibility index (Phi) is 5.54. The van der Waals surface area contributed by atoms with Crippen molar-refractivity contribution in [2.24, 2.45) is 0 Å². The number of methoxy groups -OCH3 is 1. The van der Waals surface area contributed by atoms with Gasteiger partial charge >= 0.3 is 5.97 Å². The fourth-order valence-electron chi connectivity index (χ4n) is 3.16. The number of nitrogens with zero attached hydrogens (tertiary/aromatic N) is 1. The molecular weight excluding hydrogens is 346 g/mol. The van der Waals surface area contributed by atoms with E-state index >= 15 is 0 Å². The van der Waals surface area contributed by atoms with Gasteiger partial charge in [0.2, 0.25) is 0 Å². The van der Waals surface area contributed by atoms with Gasteiger partial charge < -0.3 is 14.4 Å². The first kappa shape index (κ1) is 18.6. The average molecular weight is 367 g/mol. The minimum Gasteiger partial charge on any atom is -0.484 e. The third-order valence-electron chi connectivity index (χ3n) is 4.65. The molecule has 1 aliphatic heterocycles. The predicted octanol–water partition coefficient (Wildman–Crippen LogP) is 2.39. The van der Waals surface area contributed by atoms with Crippen LogP contribution in [0.2, 0.25) is 0 Å². The summed E-state index contributed by atoms with van der Waals surface area (Å²) in [5.41, 5.74) is 2.55. The number of amides is 1. The van der Waals surface area contributed by atoms with Gasteiger partial charge in [-0.3, -0.25) is 9.59 Å². The second-order valence-corrected chi connectivity index (χ2v) is 6.41. The van der Waals surface area contributed by atoms with Crippen LogP contribution in [0.4, 0.5) is 0 Å². The Balaban J connectivity index is 1.74. The zero-order valence-electron chi connectivity index (χ0n) is 15.3. The van der Waals surface area contributed by atoms with Crippen LogP contribution in [0.25, 0.3) is 0 Å². The van der Waals surface area contributed by atoms with E-state index in [1.807, 2.05) is 24.3 Å². The summed E-state index contributed by atoms with van der Waals surface area (Å²) < 4.78 is 10.4. The number of carbonyl (C=O) groups is 3. The highest BCUT2D eigenvalue weighted by Gasteiger charge is 2.35. The van der Waals surface area contributed by atoms with E-state index in [0.717, 1.165) is 11.1 Å². The molecule has 0 saturated heterocycles. The number of benzene rings is 2. The summed E-state index contributed by atoms with van der Waals surface area (Å²) >= 11 is 0. The van der Waals surface area contributed by atoms with E-state index in [0.29, 0.717) is 24.3 Å². The molecule has 6 heteroatoms. The zero-order valence-corrected chi connectivity index (χ0v) is 15.3. The van der Waals surface area contributed by atoms with Gasteiger partial charge in [0, 0.05) is 18.5 Å². The van der Waals surface area contributed by atoms with E-state index in [9.17, 15) is 14.4 Å². The van der Waals surface area contributed by atoms with Gasteiger partial charge in [-0.05, 0) is 30.2 Å². The number of Topliss-reactive ketones (excluding diaryl/α,β-unsaturated/α-hetero) is 1. The molecule has 0 saturated carbocycles. The van der Waals surface area contributed by atoms with Crippen molar-refractivity contribution in [1.82, 2.24) is 4.90 Å². The lowest BCUT2D eigenvalue weighted by Crippen LogP contribution is -2.50. The van der Waals surface area contributed by atoms with Crippen LogP contribution in [-0.2, 0) is 27.3 Å². The first-order chi connectivity index (χ1) is 13.0. The largest absolute Gasteiger partial charge is 0.484 e. The van der Waals surface area contributed by atoms with Crippen LogP contribution < -0.4 is 4.74 Å². The second kappa shape index (κ2) is 8.03. The molecule has 27 heavy (non-hydrogen) atoms. The normalized spacial score (nSPS) is 15.6. The maximum absolute atomic E-state index is 12.8. The number of ether oxygens (including phenoxy) is 2. The SMILES string of the molecule is COC(=O)[C@H]1Cc2ccccc2CN1C(=O)COc1cccc(C(C)=O)c1. The molecule has 0 radical (unpaired) electrons. The standard InChI is InChI=1S/C21H21NO5/c1-14(23)15-8-5-9-18(10-15)27-13-20(24)22-12-17-7-4-3-6-16(17)11-19(22)21(25)26-2/h3-10,19H,11-13H2,1-2H3/t19-/m1/s1. The summed E-state index contributed by atoms with van der Waals surface area (Å²) in [5.74, 6) is -0.405. The van der Waals surface area contributed by atoms with E-state index < -0.39 is 12.0 Å². The Hall–Kier alpha value is -3.15. The van der Waals surface area contributed by atoms with Crippen molar-refractivity contribution < 1.29 is 23.9 Å². The fourth-order valence-corrected chi connectivity index (χ4v) is 3.16. The maximum atomic E-state index is 12.8. The molecular formula is C21H21NO5. The molecule has 1 amide bonds. The highest BCUT2D eigenvalue weighted by atomic mass is 16.5. The monoisotopic (exact) mass is 367 g/mol. The third-order valence-corrected chi connectivity index (χ3v) is 4.65. The number of esters is 1. The highest BCUT2D eigenvalue weighted by molar-refractivity contribution is 5.94. The number of hydrogen-bond acceptors (Lipinski definition) is 5. The van der Waals surface area contributed by atoms with Crippen LogP contribution in [0.5, 0.6) is 5.75 Å². The molecule has 140 valence electrons. The van der Waals surface area contributed by atoms with Gasteiger partial charge in [0.05, 0.1) is 7.11 Å². The number of ketones is 1. The van der Waals surface area contributed by atoms with Crippen molar-refractivity contribution in [3.8, 4) is 5.75 Å². The summed E-state index contributed by atoms with van der Waals surface area (Å²) in [7, 11) is 1.31. The summed E-state index contributed by atoms with van der Waals surface area (Å²) in [6, 6.07) is 13.7. The van der Waals surface area contributed by atoms with Crippen molar-refractivity contribution in [2.75, 3.05) is 13.7 Å². The fraction of sp³-hybridized carbons (Fsp3) is 0.286. The first-order valence-electron chi connectivity index (χ1n) is 8.67. The Labute approximate surface area is 157 Å². The lowest BCUT2D eigenvalue weighted by atomic mass is 9.94. The van der Waals surface area contributed by atoms with E-state index in [4.69, 9.17) is 9.47 Å². The zero-order chi connectivity index (χ0) is 19.4. The van der Waals surface area contributed by atoms with Crippen molar-refractivity contribution in [3.63, 3.8) is 0 Å². The van der Waals surface area contributed by atoms with Crippen LogP contribution in [0.15, 0.2) is 48.5 Å². The Morgan fingerprint density at radius 3 is 2.52 bits per heavy atom. The Bertz CT molecular complexity index is 876. The highest BCUT2D eigenvalue weighted by Crippen LogP contribution is 2.24. The topological polar surface area (TPSA) is 72.9 Å². The summed E-state index contributed by atoms with van der Waals surface area (Å²) in [5, 5.41) is 0. The molecule has 1 heterocycles. The number of hydrogen-bond donors (Lipinski definition) is 0. The van der Waals surface area contributed by atoms with E-state index in [1.54, 1.807) is 24.3 Å². The van der Waals surface area contributed by atoms with Crippen LogP contribution in [0.3, 0.4) is 0 Å². The molecule has 0 aliphatic carbocycles. The molecule has 0 unspecified atom stereocenters. The van der Waals surface area contributed by atoms with Crippen LogP contribution in [-0.4, -0.2) is 42.3 Å². The molecule has 0 spiro atoms. The minimum absolute atomic E-state index is 0.0785. The molecule has 1 aliphatic rings. The van der Waals surface area contributed by atoms with Crippen LogP contribution in [0, 0.1) is 0 Å². The van der Waals surface area contributed by atoms with Crippen molar-refractivity contribution in [1.29, 1.82) is 0 Å². The smallest absolute Gasteiger partial charge is 0.328 e. The minimum atomic E-state index is -0.676. The molecule has 2 aromatic rings. The molecule has 3 rings (SSSR count). The molecule has 0 N–H and O–H groups in total. The number of fused-ring (bicyclic) bond motifs is 1. The quantitative estimate of drug-likeness (QED) is 0.599. The van der Waals surface area contributed by atoms with Gasteiger partial charge in [0.1, 0.15) is 11.8 Å². The number of rotatable bonds is 5. The van der Waals surface area contributed by atoms with Crippen molar-refractivity contribution in [2.45, 2.75) is 25.9 Å². The predicted molar refractivity (Wildman–Crippen MR) is 98.4 cm³/mol. The van der Waals surface area contributed by atoms with Gasteiger partial charge in [-0.1, -0.05) is 36.4 Å². The van der Waals surface area contributed by atoms with Crippen LogP contribution >= 0.6 is 0 Å². The van der Waals surface area contributed by atoms with E-state index in [2.05, 4.69) is 0 Å². The van der Waals surface area contributed by atoms with Crippen molar-refractivity contribution in [3.05, 3.63) is 65.2 Å². The van der Waals surface area contributed by atoms with Gasteiger partial charge in [0.25, 0.3) is 5.91 Å². The van der Waals surface area contributed by atoms with Gasteiger partial charge in [-0.2, -0.15) is 0 Å². The van der Waals surface area contributed by atoms with E-state index in [1.165, 1.54) is 18.9 Å². The summed E-state index contributed by atoms with van der Waals surface area (Å²) in [6.07, 6.45) is 0.411. The molecule has 6 nitrogen and oxygen atoms in total. The Morgan fingerprint density at radius 2 is 1.81 bits per heavy atom. The number of carbonyl (C=O) groups excluding carboxylic acids is 3. The van der Waals surface area contributed by atoms with Gasteiger partial charge in [-0.15, -0.1) is 0 Å². The molecule has 1 atom stereocenters. The van der Waals surface area contributed by atoms with Crippen molar-refractivity contribution >= 4 is 17.7 Å². The second-order valence-electron chi connectivity index (χ2n) is 6.41. The summed E-state index contributed by atoms with van der Waals surface area (Å²) in [6.45, 7) is 1.57. The van der Waals surface area contributed by atoms with Gasteiger partial charge in [0.15, 0.2) is 12.4 Å². The van der Waals surface area contributed by atoms with E-state index in [-0.39, 0.29) is 18.3 Å². The maximum Gasteiger partial charge on any atom is 0.328 e. The van der Waals surface area contributed by atoms with Gasteiger partial charge in [-0.25, -0.2) is 4.79 Å². The molecule has 0 bridgehead atoms. The summed E-state index contributed by atoms with van der Waals surface area (Å²) in [4.78, 5) is 37.9. The Morgan fingerprint density at radius 1 is 1.07 bits per heavy atom. The lowest BCUT2D eigenvalue weighted by Gasteiger charge is -2.35. The molecule has 2 aromatic carbocycles. The first-order valence-corrected chi connectivity index (χ1v) is 8.67. The average Bonchev–Trinajstić information content (AvgIpc) is 2.70. The third kappa shape index (κ3) is 4.16. The lowest BCUT2D eigenvalue weighted by molar-refractivity contribution is -0.154. The van der Waals surface area contributed by atoms with Crippen LogP contribution in [0.1, 0.15) is 28.4 Å². The molecule has 0 aromatic heterocycles.